The Morgan fingerprint density at radius 1 is 1.26 bits per heavy atom. The van der Waals surface area contributed by atoms with Crippen molar-refractivity contribution in [2.24, 2.45) is 0 Å². The van der Waals surface area contributed by atoms with Crippen molar-refractivity contribution < 1.29 is 27.6 Å². The van der Waals surface area contributed by atoms with E-state index in [9.17, 15) is 28.3 Å². The zero-order valence-corrected chi connectivity index (χ0v) is 16.8. The lowest BCUT2D eigenvalue weighted by Crippen LogP contribution is -2.45. The van der Waals surface area contributed by atoms with Crippen LogP contribution < -0.4 is 0 Å². The van der Waals surface area contributed by atoms with Crippen molar-refractivity contribution in [3.8, 4) is 23.1 Å². The van der Waals surface area contributed by atoms with Crippen LogP contribution in [0.3, 0.4) is 0 Å². The Labute approximate surface area is 175 Å². The van der Waals surface area contributed by atoms with Crippen LogP contribution in [0.2, 0.25) is 0 Å². The molecule has 0 aliphatic rings. The molecule has 1 amide bonds. The predicted octanol–water partition coefficient (Wildman–Crippen LogP) is 4.17. The molecule has 3 rings (SSSR count). The van der Waals surface area contributed by atoms with Crippen LogP contribution in [0.4, 0.5) is 13.2 Å². The third kappa shape index (κ3) is 4.07. The van der Waals surface area contributed by atoms with Crippen LogP contribution in [0.25, 0.3) is 11.3 Å². The largest absolute Gasteiger partial charge is 0.503 e. The normalized spacial score (nSPS) is 11.3. The number of carbonyl (C=O) groups is 1. The van der Waals surface area contributed by atoms with Crippen LogP contribution in [0.15, 0.2) is 35.0 Å². The minimum atomic E-state index is -1.79. The summed E-state index contributed by atoms with van der Waals surface area (Å²) in [6.07, 6.45) is 1.56. The molecule has 0 saturated heterocycles. The summed E-state index contributed by atoms with van der Waals surface area (Å²) in [4.78, 5) is 18.8. The Balaban J connectivity index is 2.09. The van der Waals surface area contributed by atoms with Gasteiger partial charge in [0.1, 0.15) is 11.6 Å². The fourth-order valence-corrected chi connectivity index (χ4v) is 2.87. The number of aromatic nitrogens is 2. The van der Waals surface area contributed by atoms with Crippen LogP contribution in [0.5, 0.6) is 5.75 Å². The fourth-order valence-electron chi connectivity index (χ4n) is 2.87. The highest BCUT2D eigenvalue weighted by Gasteiger charge is 2.34. The Bertz CT molecular complexity index is 1180. The van der Waals surface area contributed by atoms with Crippen molar-refractivity contribution in [1.29, 1.82) is 5.26 Å². The smallest absolute Gasteiger partial charge is 0.278 e. The van der Waals surface area contributed by atoms with Gasteiger partial charge in [-0.25, -0.2) is 8.78 Å². The van der Waals surface area contributed by atoms with Crippen LogP contribution >= 0.6 is 0 Å². The molecule has 2 aromatic heterocycles. The molecule has 160 valence electrons. The lowest BCUT2D eigenvalue weighted by atomic mass is 10.0. The summed E-state index contributed by atoms with van der Waals surface area (Å²) in [6.45, 7) is 5.35. The SMILES string of the molecule is CC(C)(C)N(Cc1ccccn1)C(=O)c1noc(-c2cc(F)c(F)c(O)c2F)c1C#N. The molecule has 0 fully saturated rings. The molecule has 7 nitrogen and oxygen atoms in total. The van der Waals surface area contributed by atoms with Crippen molar-refractivity contribution in [1.82, 2.24) is 15.0 Å². The Kier molecular flexibility index (Phi) is 5.71. The first-order valence-electron chi connectivity index (χ1n) is 9.04. The van der Waals surface area contributed by atoms with E-state index in [2.05, 4.69) is 10.1 Å². The summed E-state index contributed by atoms with van der Waals surface area (Å²) < 4.78 is 46.4. The number of nitriles is 1. The monoisotopic (exact) mass is 430 g/mol. The van der Waals surface area contributed by atoms with Crippen LogP contribution in [-0.2, 0) is 6.54 Å². The average Bonchev–Trinajstić information content (AvgIpc) is 3.16. The van der Waals surface area contributed by atoms with E-state index in [1.54, 1.807) is 51.2 Å². The van der Waals surface area contributed by atoms with E-state index < -0.39 is 57.2 Å². The van der Waals surface area contributed by atoms with E-state index in [0.717, 1.165) is 0 Å². The molecule has 0 aliphatic carbocycles. The number of rotatable bonds is 4. The van der Waals surface area contributed by atoms with Gasteiger partial charge in [-0.15, -0.1) is 0 Å². The molecule has 2 heterocycles. The summed E-state index contributed by atoms with van der Waals surface area (Å²) in [5.74, 6) is -7.79. The quantitative estimate of drug-likeness (QED) is 0.623. The minimum Gasteiger partial charge on any atom is -0.503 e. The lowest BCUT2D eigenvalue weighted by molar-refractivity contribution is 0.0544. The minimum absolute atomic E-state index is 0.0799. The average molecular weight is 430 g/mol. The van der Waals surface area contributed by atoms with E-state index in [-0.39, 0.29) is 6.54 Å². The molecule has 1 aromatic carbocycles. The third-order valence-corrected chi connectivity index (χ3v) is 4.49. The van der Waals surface area contributed by atoms with Gasteiger partial charge in [0, 0.05) is 11.7 Å². The second kappa shape index (κ2) is 8.10. The van der Waals surface area contributed by atoms with E-state index >= 15 is 0 Å². The van der Waals surface area contributed by atoms with Gasteiger partial charge in [0.2, 0.25) is 5.82 Å². The lowest BCUT2D eigenvalue weighted by Gasteiger charge is -2.35. The number of carbonyl (C=O) groups excluding carboxylic acids is 1. The zero-order chi connectivity index (χ0) is 22.9. The molecule has 1 N–H and O–H groups in total. The van der Waals surface area contributed by atoms with E-state index in [0.29, 0.717) is 11.8 Å². The Morgan fingerprint density at radius 2 is 1.97 bits per heavy atom. The van der Waals surface area contributed by atoms with Crippen LogP contribution in [0, 0.1) is 28.8 Å². The molecule has 0 atom stereocenters. The molecule has 10 heteroatoms. The predicted molar refractivity (Wildman–Crippen MR) is 102 cm³/mol. The number of pyridine rings is 1. The molecule has 0 bridgehead atoms. The first-order chi connectivity index (χ1) is 14.6. The van der Waals surface area contributed by atoms with Crippen molar-refractivity contribution in [3.63, 3.8) is 0 Å². The summed E-state index contributed by atoms with van der Waals surface area (Å²) in [5.41, 5.74) is -1.82. The number of phenols is 1. The van der Waals surface area contributed by atoms with Crippen LogP contribution in [-0.4, -0.2) is 31.6 Å². The maximum atomic E-state index is 14.3. The summed E-state index contributed by atoms with van der Waals surface area (Å²) >= 11 is 0. The Hall–Kier alpha value is -3.87. The maximum Gasteiger partial charge on any atom is 0.278 e. The van der Waals surface area contributed by atoms with Crippen molar-refractivity contribution in [2.45, 2.75) is 32.9 Å². The van der Waals surface area contributed by atoms with Crippen molar-refractivity contribution in [2.75, 3.05) is 0 Å². The highest BCUT2D eigenvalue weighted by Crippen LogP contribution is 2.35. The molecular formula is C21H17F3N4O3. The second-order valence-electron chi connectivity index (χ2n) is 7.61. The Morgan fingerprint density at radius 3 is 2.55 bits per heavy atom. The number of nitrogens with zero attached hydrogens (tertiary/aromatic N) is 4. The molecule has 31 heavy (non-hydrogen) atoms. The topological polar surface area (TPSA) is 103 Å². The van der Waals surface area contributed by atoms with E-state index in [4.69, 9.17) is 4.52 Å². The number of aromatic hydroxyl groups is 1. The third-order valence-electron chi connectivity index (χ3n) is 4.49. The molecular weight excluding hydrogens is 413 g/mol. The number of hydrogen-bond acceptors (Lipinski definition) is 6. The summed E-state index contributed by atoms with van der Waals surface area (Å²) in [6, 6.07) is 7.29. The van der Waals surface area contributed by atoms with Gasteiger partial charge in [0.25, 0.3) is 5.91 Å². The van der Waals surface area contributed by atoms with Crippen LogP contribution in [0.1, 0.15) is 42.5 Å². The molecule has 0 spiro atoms. The maximum absolute atomic E-state index is 14.3. The van der Waals surface area contributed by atoms with Gasteiger partial charge in [-0.3, -0.25) is 9.78 Å². The van der Waals surface area contributed by atoms with Gasteiger partial charge in [0.05, 0.1) is 17.8 Å². The zero-order valence-electron chi connectivity index (χ0n) is 16.8. The highest BCUT2D eigenvalue weighted by atomic mass is 19.2. The number of amides is 1. The van der Waals surface area contributed by atoms with Crippen molar-refractivity contribution in [3.05, 3.63) is 64.9 Å². The van der Waals surface area contributed by atoms with Gasteiger partial charge in [-0.2, -0.15) is 9.65 Å². The van der Waals surface area contributed by atoms with Gasteiger partial charge in [-0.1, -0.05) is 11.2 Å². The summed E-state index contributed by atoms with van der Waals surface area (Å²) in [5, 5.41) is 22.6. The molecule has 0 saturated carbocycles. The first kappa shape index (κ1) is 21.8. The van der Waals surface area contributed by atoms with E-state index in [1.807, 2.05) is 0 Å². The molecule has 0 aliphatic heterocycles. The van der Waals surface area contributed by atoms with E-state index in [1.165, 1.54) is 4.90 Å². The first-order valence-corrected chi connectivity index (χ1v) is 9.04. The summed E-state index contributed by atoms with van der Waals surface area (Å²) in [7, 11) is 0. The van der Waals surface area contributed by atoms with Crippen molar-refractivity contribution >= 4 is 5.91 Å². The van der Waals surface area contributed by atoms with Gasteiger partial charge < -0.3 is 14.5 Å². The highest BCUT2D eigenvalue weighted by molar-refractivity contribution is 5.96. The number of hydrogen-bond donors (Lipinski definition) is 1. The van der Waals surface area contributed by atoms with Gasteiger partial charge in [0.15, 0.2) is 28.8 Å². The number of halogens is 3. The molecule has 0 unspecified atom stereocenters. The second-order valence-corrected chi connectivity index (χ2v) is 7.61. The number of phenolic OH excluding ortho intramolecular Hbond substituents is 1. The fraction of sp³-hybridized carbons (Fsp3) is 0.238. The van der Waals surface area contributed by atoms with Gasteiger partial charge in [-0.05, 0) is 39.0 Å². The number of benzene rings is 1. The molecule has 3 aromatic rings. The van der Waals surface area contributed by atoms with Gasteiger partial charge >= 0.3 is 0 Å². The molecule has 0 radical (unpaired) electrons. The standard InChI is InChI=1S/C21H17F3N4O3/c1-21(2,3)28(10-11-6-4-5-7-26-11)20(30)17-13(9-25)19(31-27-17)12-8-14(22)16(24)18(29)15(12)23/h4-8,29H,10H2,1-3H3.